The molecule has 0 fully saturated rings. The minimum Gasteiger partial charge on any atom is -0.490 e. The zero-order chi connectivity index (χ0) is 33.8. The average molecular weight is 664 g/mol. The molecule has 1 aliphatic carbocycles. The summed E-state index contributed by atoms with van der Waals surface area (Å²) < 4.78 is 37.4. The van der Waals surface area contributed by atoms with Gasteiger partial charge in [0.2, 0.25) is 0 Å². The Morgan fingerprint density at radius 3 is 1.85 bits per heavy atom. The predicted molar refractivity (Wildman–Crippen MR) is 194 cm³/mol. The van der Waals surface area contributed by atoms with Crippen LogP contribution in [-0.2, 0) is 18.9 Å². The Balaban J connectivity index is 1.68. The van der Waals surface area contributed by atoms with Gasteiger partial charge in [0.05, 0.1) is 45.3 Å². The van der Waals surface area contributed by atoms with Gasteiger partial charge in [-0.05, 0) is 59.0 Å². The highest BCUT2D eigenvalue weighted by molar-refractivity contribution is 6.98. The Hall–Kier alpha value is -3.21. The molecule has 1 aliphatic heterocycles. The van der Waals surface area contributed by atoms with Crippen LogP contribution < -0.4 is 20.4 Å². The number of rotatable bonds is 19. The highest BCUT2D eigenvalue weighted by Gasteiger charge is 2.40. The molecule has 2 aromatic rings. The number of allylic oxidation sites excluding steroid dienone is 5. The van der Waals surface area contributed by atoms with E-state index >= 15 is 0 Å². The first-order valence-corrected chi connectivity index (χ1v) is 20.0. The lowest BCUT2D eigenvalue weighted by molar-refractivity contribution is -0.462. The third kappa shape index (κ3) is 9.45. The van der Waals surface area contributed by atoms with Crippen molar-refractivity contribution in [2.24, 2.45) is 0 Å². The van der Waals surface area contributed by atoms with Gasteiger partial charge in [-0.25, -0.2) is 4.58 Å². The van der Waals surface area contributed by atoms with E-state index in [0.29, 0.717) is 70.0 Å². The number of nitrogens with zero attached hydrogens (tertiary/aromatic N) is 1. The van der Waals surface area contributed by atoms with Crippen LogP contribution in [0.4, 0.5) is 5.69 Å². The zero-order valence-corrected chi connectivity index (χ0v) is 30.6. The number of anilines is 1. The maximum Gasteiger partial charge on any atom is 0.199 e. The molecule has 2 N–H and O–H groups in total. The van der Waals surface area contributed by atoms with E-state index in [1.807, 2.05) is 12.1 Å². The largest absolute Gasteiger partial charge is 0.490 e. The van der Waals surface area contributed by atoms with E-state index in [-0.39, 0.29) is 0 Å². The van der Waals surface area contributed by atoms with Crippen molar-refractivity contribution in [1.29, 1.82) is 0 Å². The highest BCUT2D eigenvalue weighted by atomic mass is 28.3. The fourth-order valence-corrected chi connectivity index (χ4v) is 9.04. The summed E-state index contributed by atoms with van der Waals surface area (Å²) in [6, 6.07) is 10.8. The molecular weight excluding hydrogens is 609 g/mol. The molecule has 2 aliphatic rings. The normalized spacial score (nSPS) is 15.0. The van der Waals surface area contributed by atoms with Gasteiger partial charge >= 0.3 is 0 Å². The smallest absolute Gasteiger partial charge is 0.199 e. The Morgan fingerprint density at radius 2 is 1.26 bits per heavy atom. The number of fused-ring (bicyclic) bond motifs is 2. The maximum absolute atomic E-state index is 6.72. The number of hydrogen-bond acceptors (Lipinski definition) is 7. The van der Waals surface area contributed by atoms with Crippen molar-refractivity contribution in [2.75, 3.05) is 85.9 Å². The molecule has 0 atom stereocenters. The fraction of sp³-hybridized carbons (Fsp3) is 0.500. The molecule has 47 heavy (non-hydrogen) atoms. The van der Waals surface area contributed by atoms with Crippen molar-refractivity contribution in [3.63, 3.8) is 0 Å². The second-order valence-electron chi connectivity index (χ2n) is 12.7. The van der Waals surface area contributed by atoms with Crippen LogP contribution in [0.5, 0.6) is 11.5 Å². The second-order valence-corrected chi connectivity index (χ2v) is 17.0. The number of nitrogen functional groups attached to an aromatic ring is 1. The van der Waals surface area contributed by atoms with Crippen LogP contribution in [0.3, 0.4) is 0 Å². The van der Waals surface area contributed by atoms with Gasteiger partial charge in [0.1, 0.15) is 46.9 Å². The van der Waals surface area contributed by atoms with Crippen molar-refractivity contribution in [3.8, 4) is 11.5 Å². The Labute approximate surface area is 282 Å². The molecule has 0 spiro atoms. The van der Waals surface area contributed by atoms with E-state index in [2.05, 4.69) is 89.0 Å². The first kappa shape index (κ1) is 36.6. The van der Waals surface area contributed by atoms with E-state index in [1.54, 1.807) is 0 Å². The minimum absolute atomic E-state index is 0.367. The number of ether oxygens (including phenoxy) is 6. The van der Waals surface area contributed by atoms with Crippen LogP contribution in [0, 0.1) is 6.92 Å². The molecule has 8 nitrogen and oxygen atoms in total. The minimum atomic E-state index is -2.04. The number of hydrogen-bond donors (Lipinski definition) is 1. The Morgan fingerprint density at radius 1 is 0.681 bits per heavy atom. The van der Waals surface area contributed by atoms with Gasteiger partial charge in [0.25, 0.3) is 0 Å². The summed E-state index contributed by atoms with van der Waals surface area (Å²) in [4.78, 5) is 0. The molecule has 0 radical (unpaired) electrons. The van der Waals surface area contributed by atoms with E-state index < -0.39 is 8.07 Å². The summed E-state index contributed by atoms with van der Waals surface area (Å²) in [6.07, 6.45) is 8.83. The van der Waals surface area contributed by atoms with Gasteiger partial charge in [0.15, 0.2) is 5.71 Å². The topological polar surface area (TPSA) is 84.4 Å². The maximum atomic E-state index is 6.72. The van der Waals surface area contributed by atoms with Crippen molar-refractivity contribution in [1.82, 2.24) is 0 Å². The molecule has 4 rings (SSSR count). The summed E-state index contributed by atoms with van der Waals surface area (Å²) in [6.45, 7) is 16.6. The van der Waals surface area contributed by atoms with Crippen molar-refractivity contribution in [2.45, 2.75) is 46.7 Å². The standard InChI is InChI=1S/C38H55N2O6Si/c1-8-14-41-16-18-43-20-22-45-34-27-35(46-23-21-44-19-17-42-15-9-2)33(39)26-32(34)38-30-12-10-28(3)24-36(30)47(6,7)37-25-29(40(4)5)11-13-31(37)38/h10-13,24-27H,8-9,14-23,39H2,1-7H3/q+1. The Kier molecular flexibility index (Phi) is 13.9. The van der Waals surface area contributed by atoms with Gasteiger partial charge in [-0.15, -0.1) is 0 Å². The molecule has 256 valence electrons. The first-order chi connectivity index (χ1) is 22.7. The van der Waals surface area contributed by atoms with Crippen molar-refractivity contribution < 1.29 is 33.0 Å². The van der Waals surface area contributed by atoms with Crippen LogP contribution >= 0.6 is 0 Å². The SMILES string of the molecule is CCCOCCOCCOc1cc(OCCOCCOCCC)c(C2=C3C=CC(=[N+](C)C)C=C3[Si](C)(C)c3cc(C)ccc32)cc1N. The monoisotopic (exact) mass is 663 g/mol. The van der Waals surface area contributed by atoms with Crippen LogP contribution in [0.25, 0.3) is 5.57 Å². The molecule has 0 aromatic heterocycles. The number of nitrogens with two attached hydrogens (primary N) is 1. The summed E-state index contributed by atoms with van der Waals surface area (Å²) in [5.41, 5.74) is 14.3. The Bertz CT molecular complexity index is 1490. The molecule has 0 amide bonds. The molecule has 0 saturated heterocycles. The van der Waals surface area contributed by atoms with E-state index in [4.69, 9.17) is 34.2 Å². The third-order valence-electron chi connectivity index (χ3n) is 8.37. The molecular formula is C38H55N2O6Si+. The molecule has 0 unspecified atom stereocenters. The quantitative estimate of drug-likeness (QED) is 0.0894. The zero-order valence-electron chi connectivity index (χ0n) is 29.6. The summed E-state index contributed by atoms with van der Waals surface area (Å²) in [5, 5.41) is 2.81. The fourth-order valence-electron chi connectivity index (χ4n) is 5.89. The van der Waals surface area contributed by atoms with Crippen LogP contribution in [0.15, 0.2) is 59.3 Å². The van der Waals surface area contributed by atoms with Crippen LogP contribution in [-0.4, -0.2) is 98.5 Å². The van der Waals surface area contributed by atoms with Crippen LogP contribution in [0.2, 0.25) is 13.1 Å². The first-order valence-electron chi connectivity index (χ1n) is 17.0. The molecule has 0 saturated carbocycles. The molecule has 1 heterocycles. The van der Waals surface area contributed by atoms with E-state index in [0.717, 1.165) is 37.2 Å². The summed E-state index contributed by atoms with van der Waals surface area (Å²) in [7, 11) is 2.14. The molecule has 0 bridgehead atoms. The number of aryl methyl sites for hydroxylation is 1. The van der Waals surface area contributed by atoms with Gasteiger partial charge < -0.3 is 34.2 Å². The lowest BCUT2D eigenvalue weighted by Crippen LogP contribution is -2.49. The average Bonchev–Trinajstić information content (AvgIpc) is 3.05. The summed E-state index contributed by atoms with van der Waals surface area (Å²) >= 11 is 0. The summed E-state index contributed by atoms with van der Waals surface area (Å²) in [5.74, 6) is 1.28. The predicted octanol–water partition coefficient (Wildman–Crippen LogP) is 5.70. The van der Waals surface area contributed by atoms with E-state index in [1.165, 1.54) is 32.8 Å². The van der Waals surface area contributed by atoms with Crippen LogP contribution in [0.1, 0.15) is 43.4 Å². The molecule has 9 heteroatoms. The lowest BCUT2D eigenvalue weighted by atomic mass is 9.88. The third-order valence-corrected chi connectivity index (χ3v) is 11.9. The number of benzene rings is 2. The van der Waals surface area contributed by atoms with Gasteiger partial charge in [0, 0.05) is 37.0 Å². The van der Waals surface area contributed by atoms with E-state index in [9.17, 15) is 0 Å². The van der Waals surface area contributed by atoms with Gasteiger partial charge in [-0.2, -0.15) is 0 Å². The highest BCUT2D eigenvalue weighted by Crippen LogP contribution is 2.45. The second kappa shape index (κ2) is 17.8. The molecule has 2 aromatic carbocycles. The lowest BCUT2D eigenvalue weighted by Gasteiger charge is -2.38. The van der Waals surface area contributed by atoms with Crippen molar-refractivity contribution >= 4 is 30.2 Å². The van der Waals surface area contributed by atoms with Gasteiger partial charge in [-0.3, -0.25) is 0 Å². The van der Waals surface area contributed by atoms with Crippen molar-refractivity contribution in [3.05, 3.63) is 76.0 Å². The van der Waals surface area contributed by atoms with Gasteiger partial charge in [-0.1, -0.05) is 50.7 Å².